The minimum Gasteiger partial charge on any atom is -0.355 e. The maximum atomic E-state index is 12.2. The van der Waals surface area contributed by atoms with Crippen LogP contribution in [0.4, 0.5) is 0 Å². The summed E-state index contributed by atoms with van der Waals surface area (Å²) in [5, 5.41) is 6.56. The van der Waals surface area contributed by atoms with Crippen molar-refractivity contribution < 1.29 is 4.79 Å². The number of likely N-dealkylation sites (N-methyl/N-ethyl adjacent to an activating group) is 1. The first-order valence-corrected chi connectivity index (χ1v) is 9.28. The van der Waals surface area contributed by atoms with Crippen LogP contribution < -0.4 is 10.6 Å². The number of amides is 1. The first-order valence-electron chi connectivity index (χ1n) is 9.28. The van der Waals surface area contributed by atoms with E-state index in [1.54, 1.807) is 0 Å². The molecule has 3 unspecified atom stereocenters. The summed E-state index contributed by atoms with van der Waals surface area (Å²) in [7, 11) is 2.11. The minimum absolute atomic E-state index is 0.188. The number of hydrogen-bond acceptors (Lipinski definition) is 3. The standard InChI is InChI=1S/C20H33N3O/c1-16(19-10-7-11-21-14-19)12-20(24)22-13-17(2)23(3)15-18-8-5-4-6-9-18/h4-6,8-9,16-17,19,21H,7,10-15H2,1-3H3,(H,22,24). The quantitative estimate of drug-likeness (QED) is 0.770. The van der Waals surface area contributed by atoms with E-state index in [0.29, 0.717) is 30.8 Å². The predicted octanol–water partition coefficient (Wildman–Crippen LogP) is 2.65. The van der Waals surface area contributed by atoms with Crippen LogP contribution in [0.3, 0.4) is 0 Å². The van der Waals surface area contributed by atoms with Crippen molar-refractivity contribution >= 4 is 5.91 Å². The van der Waals surface area contributed by atoms with Crippen molar-refractivity contribution in [3.63, 3.8) is 0 Å². The van der Waals surface area contributed by atoms with Crippen LogP contribution in [0.1, 0.15) is 38.7 Å². The van der Waals surface area contributed by atoms with Crippen molar-refractivity contribution in [2.24, 2.45) is 11.8 Å². The first-order chi connectivity index (χ1) is 11.6. The fourth-order valence-corrected chi connectivity index (χ4v) is 3.34. The third-order valence-electron chi connectivity index (χ3n) is 5.27. The summed E-state index contributed by atoms with van der Waals surface area (Å²) in [6.07, 6.45) is 3.12. The van der Waals surface area contributed by atoms with Crippen LogP contribution >= 0.6 is 0 Å². The average Bonchev–Trinajstić information content (AvgIpc) is 2.61. The Morgan fingerprint density at radius 1 is 1.33 bits per heavy atom. The zero-order chi connectivity index (χ0) is 17.4. The van der Waals surface area contributed by atoms with E-state index < -0.39 is 0 Å². The molecule has 0 aliphatic carbocycles. The lowest BCUT2D eigenvalue weighted by Gasteiger charge is -2.28. The molecule has 1 aromatic rings. The molecule has 0 radical (unpaired) electrons. The van der Waals surface area contributed by atoms with Gasteiger partial charge in [-0.1, -0.05) is 37.3 Å². The lowest BCUT2D eigenvalue weighted by atomic mass is 9.85. The summed E-state index contributed by atoms with van der Waals surface area (Å²) >= 11 is 0. The Morgan fingerprint density at radius 2 is 2.08 bits per heavy atom. The molecular formula is C20H33N3O. The summed E-state index contributed by atoms with van der Waals surface area (Å²) in [4.78, 5) is 14.5. The second kappa shape index (κ2) is 9.80. The highest BCUT2D eigenvalue weighted by atomic mass is 16.1. The molecular weight excluding hydrogens is 298 g/mol. The Morgan fingerprint density at radius 3 is 2.75 bits per heavy atom. The summed E-state index contributed by atoms with van der Waals surface area (Å²) in [5.74, 6) is 1.28. The highest BCUT2D eigenvalue weighted by molar-refractivity contribution is 5.76. The molecule has 134 valence electrons. The molecule has 1 saturated heterocycles. The van der Waals surface area contributed by atoms with Gasteiger partial charge in [-0.15, -0.1) is 0 Å². The van der Waals surface area contributed by atoms with Gasteiger partial charge in [0.05, 0.1) is 0 Å². The van der Waals surface area contributed by atoms with Crippen LogP contribution in [0.5, 0.6) is 0 Å². The topological polar surface area (TPSA) is 44.4 Å². The second-order valence-electron chi connectivity index (χ2n) is 7.34. The maximum absolute atomic E-state index is 12.2. The maximum Gasteiger partial charge on any atom is 0.220 e. The fraction of sp³-hybridized carbons (Fsp3) is 0.650. The molecule has 1 amide bonds. The van der Waals surface area contributed by atoms with Gasteiger partial charge in [0, 0.05) is 25.6 Å². The number of piperidine rings is 1. The van der Waals surface area contributed by atoms with Crippen LogP contribution in [-0.2, 0) is 11.3 Å². The predicted molar refractivity (Wildman–Crippen MR) is 99.8 cm³/mol. The smallest absolute Gasteiger partial charge is 0.220 e. The Balaban J connectivity index is 1.68. The summed E-state index contributed by atoms with van der Waals surface area (Å²) in [6.45, 7) is 8.17. The molecule has 24 heavy (non-hydrogen) atoms. The highest BCUT2D eigenvalue weighted by Gasteiger charge is 2.22. The number of nitrogens with one attached hydrogen (secondary N) is 2. The molecule has 1 aliphatic rings. The van der Waals surface area contributed by atoms with E-state index in [1.807, 2.05) is 6.07 Å². The van der Waals surface area contributed by atoms with Crippen molar-refractivity contribution in [2.75, 3.05) is 26.7 Å². The zero-order valence-electron chi connectivity index (χ0n) is 15.4. The van der Waals surface area contributed by atoms with Gasteiger partial charge in [0.2, 0.25) is 5.91 Å². The molecule has 4 heteroatoms. The Hall–Kier alpha value is -1.39. The van der Waals surface area contributed by atoms with Crippen LogP contribution in [0.25, 0.3) is 0 Å². The average molecular weight is 332 g/mol. The Labute approximate surface area is 147 Å². The van der Waals surface area contributed by atoms with Gasteiger partial charge in [-0.25, -0.2) is 0 Å². The molecule has 3 atom stereocenters. The molecule has 1 heterocycles. The number of nitrogens with zero attached hydrogens (tertiary/aromatic N) is 1. The van der Waals surface area contributed by atoms with Crippen LogP contribution in [0.2, 0.25) is 0 Å². The van der Waals surface area contributed by atoms with Gasteiger partial charge >= 0.3 is 0 Å². The van der Waals surface area contributed by atoms with E-state index >= 15 is 0 Å². The number of carbonyl (C=O) groups is 1. The molecule has 2 N–H and O–H groups in total. The molecule has 1 fully saturated rings. The van der Waals surface area contributed by atoms with Gasteiger partial charge in [0.1, 0.15) is 0 Å². The van der Waals surface area contributed by atoms with E-state index in [-0.39, 0.29) is 5.91 Å². The number of benzene rings is 1. The second-order valence-corrected chi connectivity index (χ2v) is 7.34. The third-order valence-corrected chi connectivity index (χ3v) is 5.27. The molecule has 0 bridgehead atoms. The number of carbonyl (C=O) groups excluding carboxylic acids is 1. The largest absolute Gasteiger partial charge is 0.355 e. The summed E-state index contributed by atoms with van der Waals surface area (Å²) < 4.78 is 0. The van der Waals surface area contributed by atoms with E-state index in [2.05, 4.69) is 60.7 Å². The normalized spacial score (nSPS) is 20.6. The molecule has 1 aliphatic heterocycles. The monoisotopic (exact) mass is 331 g/mol. The van der Waals surface area contributed by atoms with Crippen molar-refractivity contribution in [1.29, 1.82) is 0 Å². The highest BCUT2D eigenvalue weighted by Crippen LogP contribution is 2.22. The summed E-state index contributed by atoms with van der Waals surface area (Å²) in [6, 6.07) is 10.8. The lowest BCUT2D eigenvalue weighted by Crippen LogP contribution is -2.41. The molecule has 0 saturated carbocycles. The molecule has 0 aromatic heterocycles. The van der Waals surface area contributed by atoms with Gasteiger partial charge in [-0.3, -0.25) is 9.69 Å². The van der Waals surface area contributed by atoms with Gasteiger partial charge in [-0.05, 0) is 57.3 Å². The van der Waals surface area contributed by atoms with E-state index in [1.165, 1.54) is 18.4 Å². The Bertz CT molecular complexity index is 485. The fourth-order valence-electron chi connectivity index (χ4n) is 3.34. The van der Waals surface area contributed by atoms with Crippen molar-refractivity contribution in [1.82, 2.24) is 15.5 Å². The Kier molecular flexibility index (Phi) is 7.73. The lowest BCUT2D eigenvalue weighted by molar-refractivity contribution is -0.122. The molecule has 0 spiro atoms. The van der Waals surface area contributed by atoms with E-state index in [0.717, 1.165) is 19.6 Å². The van der Waals surface area contributed by atoms with Crippen LogP contribution in [0, 0.1) is 11.8 Å². The SMILES string of the molecule is CC(CC(=O)NCC(C)N(C)Cc1ccccc1)C1CCCNC1. The number of hydrogen-bond donors (Lipinski definition) is 2. The molecule has 4 nitrogen and oxygen atoms in total. The van der Waals surface area contributed by atoms with Crippen LogP contribution in [-0.4, -0.2) is 43.5 Å². The van der Waals surface area contributed by atoms with Crippen molar-refractivity contribution in [3.8, 4) is 0 Å². The van der Waals surface area contributed by atoms with Crippen LogP contribution in [0.15, 0.2) is 30.3 Å². The molecule has 2 rings (SSSR count). The van der Waals surface area contributed by atoms with Crippen molar-refractivity contribution in [2.45, 2.75) is 45.7 Å². The van der Waals surface area contributed by atoms with Gasteiger partial charge in [0.25, 0.3) is 0 Å². The van der Waals surface area contributed by atoms with Gasteiger partial charge in [0.15, 0.2) is 0 Å². The minimum atomic E-state index is 0.188. The third kappa shape index (κ3) is 6.25. The van der Waals surface area contributed by atoms with Gasteiger partial charge < -0.3 is 10.6 Å². The van der Waals surface area contributed by atoms with E-state index in [9.17, 15) is 4.79 Å². The number of rotatable bonds is 8. The van der Waals surface area contributed by atoms with E-state index in [4.69, 9.17) is 0 Å². The zero-order valence-corrected chi connectivity index (χ0v) is 15.4. The summed E-state index contributed by atoms with van der Waals surface area (Å²) in [5.41, 5.74) is 1.30. The molecule has 1 aromatic carbocycles. The van der Waals surface area contributed by atoms with Gasteiger partial charge in [-0.2, -0.15) is 0 Å². The van der Waals surface area contributed by atoms with Crippen molar-refractivity contribution in [3.05, 3.63) is 35.9 Å². The first kappa shape index (κ1) is 18.9.